The highest BCUT2D eigenvalue weighted by Gasteiger charge is 2.33. The first-order chi connectivity index (χ1) is 18.3. The summed E-state index contributed by atoms with van der Waals surface area (Å²) in [4.78, 5) is 33.4. The van der Waals surface area contributed by atoms with Crippen molar-refractivity contribution in [2.45, 2.75) is 52.8 Å². The maximum atomic E-state index is 13.9. The Morgan fingerprint density at radius 3 is 2.72 bits per heavy atom. The summed E-state index contributed by atoms with van der Waals surface area (Å²) < 4.78 is 13.8. The van der Waals surface area contributed by atoms with Crippen LogP contribution in [0.25, 0.3) is 11.1 Å². The number of nitrogens with one attached hydrogen (secondary N) is 1. The molecule has 5 heterocycles. The maximum absolute atomic E-state index is 13.9. The molecule has 1 aromatic carbocycles. The quantitative estimate of drug-likeness (QED) is 0.496. The van der Waals surface area contributed by atoms with E-state index >= 15 is 0 Å². The van der Waals surface area contributed by atoms with E-state index in [1.165, 1.54) is 0 Å². The summed E-state index contributed by atoms with van der Waals surface area (Å²) in [5.41, 5.74) is 5.27. The van der Waals surface area contributed by atoms with Gasteiger partial charge in [0.1, 0.15) is 11.9 Å². The Hall–Kier alpha value is -3.14. The Labute approximate surface area is 233 Å². The van der Waals surface area contributed by atoms with Crippen LogP contribution in [0.4, 0.5) is 0 Å². The lowest BCUT2D eigenvalue weighted by Gasteiger charge is -2.36. The summed E-state index contributed by atoms with van der Waals surface area (Å²) in [6.07, 6.45) is 5.18. The monoisotopic (exact) mass is 553 g/mol. The van der Waals surface area contributed by atoms with E-state index in [4.69, 9.17) is 21.1 Å². The van der Waals surface area contributed by atoms with Crippen molar-refractivity contribution in [2.24, 2.45) is 0 Å². The fourth-order valence-electron chi connectivity index (χ4n) is 5.72. The Morgan fingerprint density at radius 2 is 2.03 bits per heavy atom. The summed E-state index contributed by atoms with van der Waals surface area (Å²) in [5, 5.41) is 4.95. The molecule has 1 N–H and O–H groups in total. The molecule has 6 rings (SSSR count). The Balaban J connectivity index is 0.00000308. The number of aromatic nitrogens is 3. The van der Waals surface area contributed by atoms with Gasteiger partial charge in [0, 0.05) is 49.1 Å². The van der Waals surface area contributed by atoms with Gasteiger partial charge in [0.2, 0.25) is 0 Å². The number of fused-ring (bicyclic) bond motifs is 1. The molecule has 1 amide bonds. The molecular weight excluding hydrogens is 518 g/mol. The van der Waals surface area contributed by atoms with Gasteiger partial charge in [-0.25, -0.2) is 0 Å². The van der Waals surface area contributed by atoms with Gasteiger partial charge in [-0.15, -0.1) is 0 Å². The fraction of sp³-hybridized carbons (Fsp3) is 0.483. The van der Waals surface area contributed by atoms with Gasteiger partial charge in [-0.1, -0.05) is 19.0 Å². The van der Waals surface area contributed by atoms with Gasteiger partial charge in [0.15, 0.2) is 0 Å². The number of likely N-dealkylation sites (N-methyl/N-ethyl adjacent to an activating group) is 1. The van der Waals surface area contributed by atoms with Crippen molar-refractivity contribution in [1.82, 2.24) is 24.6 Å². The molecule has 2 fully saturated rings. The minimum absolute atomic E-state index is 0. The fourth-order valence-corrected chi connectivity index (χ4v) is 6.01. The van der Waals surface area contributed by atoms with Crippen LogP contribution in [-0.4, -0.2) is 76.5 Å². The number of aromatic amines is 1. The molecular formula is C29H36ClN5O4. The lowest BCUT2D eigenvalue weighted by molar-refractivity contribution is 0.0725. The van der Waals surface area contributed by atoms with E-state index in [-0.39, 0.29) is 31.5 Å². The average Bonchev–Trinajstić information content (AvgIpc) is 3.54. The summed E-state index contributed by atoms with van der Waals surface area (Å²) in [6.45, 7) is 7.51. The number of rotatable bonds is 6. The van der Waals surface area contributed by atoms with Gasteiger partial charge in [0.05, 0.1) is 42.6 Å². The molecule has 9 nitrogen and oxygen atoms in total. The molecule has 39 heavy (non-hydrogen) atoms. The van der Waals surface area contributed by atoms with Crippen LogP contribution < -0.4 is 10.3 Å². The van der Waals surface area contributed by atoms with Crippen LogP contribution in [0.5, 0.6) is 5.75 Å². The lowest BCUT2D eigenvalue weighted by atomic mass is 9.90. The molecule has 1 atom stereocenters. The van der Waals surface area contributed by atoms with Gasteiger partial charge in [-0.2, -0.15) is 5.10 Å². The zero-order chi connectivity index (χ0) is 26.6. The molecule has 208 valence electrons. The highest BCUT2D eigenvalue weighted by atomic mass is 35.5. The van der Waals surface area contributed by atoms with Gasteiger partial charge in [0.25, 0.3) is 11.5 Å². The summed E-state index contributed by atoms with van der Waals surface area (Å²) in [5.74, 6) is 0.282. The number of amides is 1. The average molecular weight is 554 g/mol. The Bertz CT molecular complexity index is 1450. The smallest absolute Gasteiger partial charge is 0.256 e. The number of H-pyrrole nitrogens is 1. The van der Waals surface area contributed by atoms with Crippen molar-refractivity contribution in [1.29, 1.82) is 0 Å². The van der Waals surface area contributed by atoms with Crippen molar-refractivity contribution < 1.29 is 14.3 Å². The second kappa shape index (κ2) is 10.8. The second-order valence-electron chi connectivity index (χ2n) is 10.7. The minimum atomic E-state index is -0.196. The number of hydrogen-bond donors (Lipinski definition) is 1. The van der Waals surface area contributed by atoms with Crippen LogP contribution in [0, 0.1) is 13.8 Å². The summed E-state index contributed by atoms with van der Waals surface area (Å²) in [7, 11) is 2.09. The minimum Gasteiger partial charge on any atom is -0.486 e. The zero-order valence-electron chi connectivity index (χ0n) is 21.9. The van der Waals surface area contributed by atoms with E-state index in [2.05, 4.69) is 28.2 Å². The summed E-state index contributed by atoms with van der Waals surface area (Å²) in [6, 6.07) is 4.22. The number of nitrogens with zero attached hydrogens (tertiary/aromatic N) is 4. The molecule has 0 aliphatic carbocycles. The molecule has 3 aliphatic heterocycles. The van der Waals surface area contributed by atoms with E-state index < -0.39 is 0 Å². The number of halogens is 1. The Morgan fingerprint density at radius 1 is 1.23 bits per heavy atom. The number of carbonyl (C=O) groups is 1. The molecule has 10 heteroatoms. The SMILES string of the molecule is C.Cc1cc(C)c(CN2CCc3c(-c4cnn(C5CN(C)C5)c4)cc(O[C@@H]4CCOC4)c(Cl)c3C2=O)c(=O)[nH]1. The highest BCUT2D eigenvalue weighted by Crippen LogP contribution is 2.42. The van der Waals surface area contributed by atoms with Gasteiger partial charge in [-0.05, 0) is 56.1 Å². The first-order valence-electron chi connectivity index (χ1n) is 13.1. The number of benzene rings is 1. The van der Waals surface area contributed by atoms with E-state index in [1.54, 1.807) is 4.90 Å². The normalized spacial score (nSPS) is 19.5. The lowest BCUT2D eigenvalue weighted by Crippen LogP contribution is -2.45. The first-order valence-corrected chi connectivity index (χ1v) is 13.5. The number of hydrogen-bond acceptors (Lipinski definition) is 6. The molecule has 2 aromatic heterocycles. The van der Waals surface area contributed by atoms with Crippen LogP contribution in [0.2, 0.25) is 5.02 Å². The zero-order valence-corrected chi connectivity index (χ0v) is 22.7. The maximum Gasteiger partial charge on any atom is 0.256 e. The van der Waals surface area contributed by atoms with Crippen molar-refractivity contribution in [3.63, 3.8) is 0 Å². The van der Waals surface area contributed by atoms with Crippen molar-refractivity contribution >= 4 is 17.5 Å². The number of pyridine rings is 1. The molecule has 3 aliphatic rings. The predicted molar refractivity (Wildman–Crippen MR) is 151 cm³/mol. The Kier molecular flexibility index (Phi) is 7.59. The van der Waals surface area contributed by atoms with Gasteiger partial charge in [-0.3, -0.25) is 14.3 Å². The molecule has 0 spiro atoms. The third-order valence-electron chi connectivity index (χ3n) is 7.83. The standard InChI is InChI=1S/C28H32ClN5O4.CH4/c1-16-8-17(2)31-27(35)23(16)14-33-6-4-21-22(18-10-30-34(11-18)19-12-32(3)13-19)9-24(26(29)25(21)28(33)36)38-20-5-7-37-15-20;/h8-11,19-20H,4-7,12-15H2,1-3H3,(H,31,35);1H4/t20-;/m1./s1. The van der Waals surface area contributed by atoms with E-state index in [9.17, 15) is 9.59 Å². The van der Waals surface area contributed by atoms with Crippen LogP contribution in [0.3, 0.4) is 0 Å². The van der Waals surface area contributed by atoms with Gasteiger partial charge < -0.3 is 24.3 Å². The summed E-state index contributed by atoms with van der Waals surface area (Å²) >= 11 is 6.91. The molecule has 0 radical (unpaired) electrons. The van der Waals surface area contributed by atoms with Crippen LogP contribution in [-0.2, 0) is 17.7 Å². The van der Waals surface area contributed by atoms with Crippen LogP contribution in [0.1, 0.15) is 52.6 Å². The molecule has 3 aromatic rings. The van der Waals surface area contributed by atoms with Crippen LogP contribution in [0.15, 0.2) is 29.3 Å². The van der Waals surface area contributed by atoms with Crippen molar-refractivity contribution in [3.8, 4) is 16.9 Å². The number of likely N-dealkylation sites (tertiary alicyclic amines) is 1. The topological polar surface area (TPSA) is 92.7 Å². The van der Waals surface area contributed by atoms with Crippen molar-refractivity contribution in [2.75, 3.05) is 39.9 Å². The highest BCUT2D eigenvalue weighted by molar-refractivity contribution is 6.35. The van der Waals surface area contributed by atoms with Gasteiger partial charge >= 0.3 is 0 Å². The van der Waals surface area contributed by atoms with E-state index in [0.717, 1.165) is 47.5 Å². The largest absolute Gasteiger partial charge is 0.486 e. The van der Waals surface area contributed by atoms with Crippen molar-refractivity contribution in [3.05, 3.63) is 67.9 Å². The molecule has 0 bridgehead atoms. The third kappa shape index (κ3) is 5.11. The predicted octanol–water partition coefficient (Wildman–Crippen LogP) is 4.00. The molecule has 2 saturated heterocycles. The molecule has 0 unspecified atom stereocenters. The number of carbonyl (C=O) groups excluding carboxylic acids is 1. The number of aryl methyl sites for hydroxylation is 2. The number of ether oxygens (including phenoxy) is 2. The third-order valence-corrected chi connectivity index (χ3v) is 8.20. The van der Waals surface area contributed by atoms with E-state index in [0.29, 0.717) is 54.1 Å². The molecule has 0 saturated carbocycles. The van der Waals surface area contributed by atoms with E-state index in [1.807, 2.05) is 36.9 Å². The first kappa shape index (κ1) is 27.4. The second-order valence-corrected chi connectivity index (χ2v) is 11.1. The van der Waals surface area contributed by atoms with Crippen LogP contribution >= 0.6 is 11.6 Å².